The van der Waals surface area contributed by atoms with Gasteiger partial charge < -0.3 is 9.73 Å². The number of aryl methyl sites for hydroxylation is 1. The molecule has 172 valence electrons. The summed E-state index contributed by atoms with van der Waals surface area (Å²) < 4.78 is 34.6. The molecule has 3 heterocycles. The number of hydrogen-bond donors (Lipinski definition) is 2. The number of nitrogens with one attached hydrogen (secondary N) is 2. The van der Waals surface area contributed by atoms with Crippen LogP contribution in [0.4, 0.5) is 0 Å². The van der Waals surface area contributed by atoms with Crippen molar-refractivity contribution in [1.82, 2.24) is 24.8 Å². The van der Waals surface area contributed by atoms with Gasteiger partial charge in [0.25, 0.3) is 5.91 Å². The van der Waals surface area contributed by atoms with E-state index in [1.54, 1.807) is 59.6 Å². The number of carbonyl (C=O) groups is 1. The highest BCUT2D eigenvalue weighted by Crippen LogP contribution is 2.26. The van der Waals surface area contributed by atoms with Crippen molar-refractivity contribution < 1.29 is 17.6 Å². The smallest absolute Gasteiger partial charge is 0.252 e. The van der Waals surface area contributed by atoms with Gasteiger partial charge in [0, 0.05) is 19.1 Å². The molecule has 33 heavy (non-hydrogen) atoms. The third kappa shape index (κ3) is 4.81. The molecule has 0 radical (unpaired) electrons. The predicted molar refractivity (Wildman–Crippen MR) is 124 cm³/mol. The zero-order valence-electron chi connectivity index (χ0n) is 18.6. The number of carbonyl (C=O) groups excluding carboxylic acids is 1. The highest BCUT2D eigenvalue weighted by molar-refractivity contribution is 7.89. The fraction of sp³-hybridized carbons (Fsp3) is 0.261. The normalized spacial score (nSPS) is 11.9. The van der Waals surface area contributed by atoms with Crippen molar-refractivity contribution in [3.8, 4) is 11.5 Å². The lowest BCUT2D eigenvalue weighted by Crippen LogP contribution is -2.34. The first-order valence-corrected chi connectivity index (χ1v) is 12.0. The minimum atomic E-state index is -3.65. The third-order valence-electron chi connectivity index (χ3n) is 5.11. The topological polar surface area (TPSA) is 119 Å². The zero-order chi connectivity index (χ0) is 23.6. The van der Waals surface area contributed by atoms with Crippen LogP contribution in [-0.2, 0) is 10.0 Å². The van der Waals surface area contributed by atoms with Gasteiger partial charge in [-0.25, -0.2) is 22.8 Å². The Bertz CT molecular complexity index is 1370. The average molecular weight is 468 g/mol. The number of amides is 1. The average Bonchev–Trinajstić information content (AvgIpc) is 3.46. The standard InChI is InChI=1S/C23H25N5O4S/c1-15(2)28-22-19(14-25-28)18(13-20(27-22)21-5-4-12-32-21)23(29)24-10-11-26-33(30,31)17-8-6-16(3)7-9-17/h4-9,12-15,26H,10-11H2,1-3H3,(H,24,29). The van der Waals surface area contributed by atoms with E-state index >= 15 is 0 Å². The number of pyridine rings is 1. The Morgan fingerprint density at radius 3 is 2.58 bits per heavy atom. The number of furan rings is 1. The highest BCUT2D eigenvalue weighted by atomic mass is 32.2. The first-order chi connectivity index (χ1) is 15.8. The van der Waals surface area contributed by atoms with E-state index in [2.05, 4.69) is 20.1 Å². The molecular formula is C23H25N5O4S. The Hall–Kier alpha value is -3.50. The molecule has 0 unspecified atom stereocenters. The van der Waals surface area contributed by atoms with Crippen LogP contribution in [-0.4, -0.2) is 42.2 Å². The van der Waals surface area contributed by atoms with Gasteiger partial charge in [-0.3, -0.25) is 4.79 Å². The van der Waals surface area contributed by atoms with Crippen LogP contribution in [0.1, 0.15) is 35.8 Å². The molecule has 9 nitrogen and oxygen atoms in total. The molecule has 0 bridgehead atoms. The Kier molecular flexibility index (Phi) is 6.30. The molecule has 3 aromatic heterocycles. The van der Waals surface area contributed by atoms with Crippen molar-refractivity contribution in [3.63, 3.8) is 0 Å². The lowest BCUT2D eigenvalue weighted by molar-refractivity contribution is 0.0956. The maximum atomic E-state index is 13.0. The van der Waals surface area contributed by atoms with Gasteiger partial charge in [0.05, 0.1) is 28.3 Å². The van der Waals surface area contributed by atoms with Crippen LogP contribution in [0.5, 0.6) is 0 Å². The van der Waals surface area contributed by atoms with E-state index in [-0.39, 0.29) is 29.9 Å². The molecule has 1 aromatic carbocycles. The molecule has 0 aliphatic heterocycles. The number of aromatic nitrogens is 3. The van der Waals surface area contributed by atoms with Crippen LogP contribution < -0.4 is 10.0 Å². The molecule has 1 amide bonds. The monoisotopic (exact) mass is 467 g/mol. The van der Waals surface area contributed by atoms with Crippen molar-refractivity contribution in [2.24, 2.45) is 0 Å². The second-order valence-electron chi connectivity index (χ2n) is 7.92. The minimum absolute atomic E-state index is 0.0481. The van der Waals surface area contributed by atoms with Crippen molar-refractivity contribution in [1.29, 1.82) is 0 Å². The Labute approximate surface area is 191 Å². The number of hydrogen-bond acceptors (Lipinski definition) is 6. The van der Waals surface area contributed by atoms with Crippen molar-refractivity contribution in [2.75, 3.05) is 13.1 Å². The summed E-state index contributed by atoms with van der Waals surface area (Å²) in [5.74, 6) is 0.182. The number of benzene rings is 1. The summed E-state index contributed by atoms with van der Waals surface area (Å²) in [5, 5.41) is 7.76. The van der Waals surface area contributed by atoms with Crippen LogP contribution in [0.15, 0.2) is 64.2 Å². The van der Waals surface area contributed by atoms with Crippen LogP contribution in [0.3, 0.4) is 0 Å². The summed E-state index contributed by atoms with van der Waals surface area (Å²) in [4.78, 5) is 17.8. The van der Waals surface area contributed by atoms with Gasteiger partial charge in [0.15, 0.2) is 11.4 Å². The molecule has 4 rings (SSSR count). The van der Waals surface area contributed by atoms with Crippen molar-refractivity contribution in [3.05, 3.63) is 66.1 Å². The van der Waals surface area contributed by atoms with Gasteiger partial charge in [0.2, 0.25) is 10.0 Å². The van der Waals surface area contributed by atoms with Crippen LogP contribution in [0.25, 0.3) is 22.5 Å². The van der Waals surface area contributed by atoms with E-state index in [9.17, 15) is 13.2 Å². The van der Waals surface area contributed by atoms with Crippen LogP contribution in [0, 0.1) is 6.92 Å². The SMILES string of the molecule is Cc1ccc(S(=O)(=O)NCCNC(=O)c2cc(-c3ccco3)nc3c2cnn3C(C)C)cc1. The largest absolute Gasteiger partial charge is 0.463 e. The minimum Gasteiger partial charge on any atom is -0.463 e. The molecule has 10 heteroatoms. The summed E-state index contributed by atoms with van der Waals surface area (Å²) >= 11 is 0. The number of fused-ring (bicyclic) bond motifs is 1. The van der Waals surface area contributed by atoms with Crippen molar-refractivity contribution >= 4 is 27.0 Å². The first kappa shape index (κ1) is 22.7. The molecular weight excluding hydrogens is 442 g/mol. The van der Waals surface area contributed by atoms with Gasteiger partial charge in [-0.05, 0) is 51.1 Å². The van der Waals surface area contributed by atoms with Gasteiger partial charge >= 0.3 is 0 Å². The number of sulfonamides is 1. The van der Waals surface area contributed by atoms with E-state index in [1.165, 1.54) is 0 Å². The summed E-state index contributed by atoms with van der Waals surface area (Å²) in [6, 6.07) is 11.8. The molecule has 2 N–H and O–H groups in total. The number of rotatable bonds is 8. The van der Waals surface area contributed by atoms with E-state index in [0.29, 0.717) is 28.1 Å². The van der Waals surface area contributed by atoms with Gasteiger partial charge in [-0.15, -0.1) is 0 Å². The summed E-state index contributed by atoms with van der Waals surface area (Å²) in [6.45, 7) is 6.01. The molecule has 4 aromatic rings. The van der Waals surface area contributed by atoms with E-state index < -0.39 is 10.0 Å². The fourth-order valence-electron chi connectivity index (χ4n) is 3.39. The Balaban J connectivity index is 1.51. The molecule has 0 saturated carbocycles. The maximum Gasteiger partial charge on any atom is 0.252 e. The Morgan fingerprint density at radius 2 is 1.91 bits per heavy atom. The van der Waals surface area contributed by atoms with Gasteiger partial charge in [0.1, 0.15) is 5.69 Å². The molecule has 0 atom stereocenters. The fourth-order valence-corrected chi connectivity index (χ4v) is 4.42. The molecule has 0 aliphatic carbocycles. The van der Waals surface area contributed by atoms with Crippen LogP contribution >= 0.6 is 0 Å². The predicted octanol–water partition coefficient (Wildman–Crippen LogP) is 3.29. The zero-order valence-corrected chi connectivity index (χ0v) is 19.4. The summed E-state index contributed by atoms with van der Waals surface area (Å²) in [5.41, 5.74) is 2.45. The highest BCUT2D eigenvalue weighted by Gasteiger charge is 2.19. The van der Waals surface area contributed by atoms with Gasteiger partial charge in [-0.2, -0.15) is 5.10 Å². The number of nitrogens with zero attached hydrogens (tertiary/aromatic N) is 3. The Morgan fingerprint density at radius 1 is 1.15 bits per heavy atom. The van der Waals surface area contributed by atoms with E-state index in [0.717, 1.165) is 5.56 Å². The molecule has 0 aliphatic rings. The van der Waals surface area contributed by atoms with Crippen LogP contribution in [0.2, 0.25) is 0 Å². The molecule has 0 fully saturated rings. The lowest BCUT2D eigenvalue weighted by atomic mass is 10.1. The molecule has 0 spiro atoms. The van der Waals surface area contributed by atoms with E-state index in [4.69, 9.17) is 4.42 Å². The quantitative estimate of drug-likeness (QED) is 0.384. The second kappa shape index (κ2) is 9.16. The van der Waals surface area contributed by atoms with Gasteiger partial charge in [-0.1, -0.05) is 17.7 Å². The summed E-state index contributed by atoms with van der Waals surface area (Å²) in [6.07, 6.45) is 3.16. The third-order valence-corrected chi connectivity index (χ3v) is 6.58. The van der Waals surface area contributed by atoms with E-state index in [1.807, 2.05) is 20.8 Å². The van der Waals surface area contributed by atoms with Crippen molar-refractivity contribution in [2.45, 2.75) is 31.7 Å². The first-order valence-electron chi connectivity index (χ1n) is 10.5. The lowest BCUT2D eigenvalue weighted by Gasteiger charge is -2.11. The molecule has 0 saturated heterocycles. The second-order valence-corrected chi connectivity index (χ2v) is 9.69. The maximum absolute atomic E-state index is 13.0. The summed E-state index contributed by atoms with van der Waals surface area (Å²) in [7, 11) is -3.65.